The zero-order valence-electron chi connectivity index (χ0n) is 11.8. The molecule has 0 radical (unpaired) electrons. The van der Waals surface area contributed by atoms with Gasteiger partial charge in [-0.3, -0.25) is 0 Å². The van der Waals surface area contributed by atoms with Gasteiger partial charge in [-0.2, -0.15) is 4.80 Å². The van der Waals surface area contributed by atoms with E-state index >= 15 is 0 Å². The molecule has 0 aliphatic carbocycles. The van der Waals surface area contributed by atoms with Gasteiger partial charge in [-0.05, 0) is 21.8 Å². The number of tetrazole rings is 1. The van der Waals surface area contributed by atoms with E-state index in [4.69, 9.17) is 0 Å². The summed E-state index contributed by atoms with van der Waals surface area (Å²) in [6.45, 7) is 6.51. The molecule has 1 unspecified atom stereocenters. The molecule has 0 aliphatic rings. The molecule has 1 aromatic heterocycles. The van der Waals surface area contributed by atoms with E-state index in [0.717, 1.165) is 5.56 Å². The largest absolute Gasteiger partial charge is 0.388 e. The van der Waals surface area contributed by atoms with Gasteiger partial charge in [-0.25, -0.2) is 0 Å². The smallest absolute Gasteiger partial charge is 0.177 e. The zero-order chi connectivity index (χ0) is 14.0. The van der Waals surface area contributed by atoms with Crippen molar-refractivity contribution in [2.45, 2.75) is 38.7 Å². The monoisotopic (exact) mass is 260 g/mol. The molecule has 102 valence electrons. The quantitative estimate of drug-likeness (QED) is 0.913. The Morgan fingerprint density at radius 2 is 1.84 bits per heavy atom. The van der Waals surface area contributed by atoms with Gasteiger partial charge in [0.15, 0.2) is 5.82 Å². The van der Waals surface area contributed by atoms with Crippen LogP contribution in [0.25, 0.3) is 0 Å². The lowest BCUT2D eigenvalue weighted by Gasteiger charge is -2.19. The molecule has 0 saturated carbocycles. The van der Waals surface area contributed by atoms with Crippen molar-refractivity contribution in [2.24, 2.45) is 7.05 Å². The molecule has 2 aromatic rings. The zero-order valence-corrected chi connectivity index (χ0v) is 11.8. The number of benzene rings is 1. The molecule has 1 N–H and O–H groups in total. The fourth-order valence-electron chi connectivity index (χ4n) is 1.90. The third-order valence-electron chi connectivity index (χ3n) is 3.09. The number of aliphatic hydroxyl groups excluding tert-OH is 1. The van der Waals surface area contributed by atoms with E-state index in [9.17, 15) is 5.11 Å². The Balaban J connectivity index is 2.09. The molecule has 19 heavy (non-hydrogen) atoms. The molecule has 1 atom stereocenters. The maximum Gasteiger partial charge on any atom is 0.177 e. The maximum absolute atomic E-state index is 10.2. The van der Waals surface area contributed by atoms with E-state index in [0.29, 0.717) is 12.2 Å². The van der Waals surface area contributed by atoms with Crippen LogP contribution >= 0.6 is 0 Å². The summed E-state index contributed by atoms with van der Waals surface area (Å²) in [6.07, 6.45) is -0.221. The Bertz CT molecular complexity index is 539. The van der Waals surface area contributed by atoms with Crippen molar-refractivity contribution in [3.8, 4) is 0 Å². The first-order chi connectivity index (χ1) is 8.86. The van der Waals surface area contributed by atoms with E-state index in [1.165, 1.54) is 10.4 Å². The standard InChI is InChI=1S/C14H20N4O/c1-14(2,3)11-7-5-10(6-8-11)12(19)9-13-15-17-18(4)16-13/h5-8,12,19H,9H2,1-4H3. The van der Waals surface area contributed by atoms with Crippen molar-refractivity contribution in [3.05, 3.63) is 41.2 Å². The molecule has 5 heteroatoms. The molecular weight excluding hydrogens is 240 g/mol. The fourth-order valence-corrected chi connectivity index (χ4v) is 1.90. The Kier molecular flexibility index (Phi) is 3.66. The average molecular weight is 260 g/mol. The number of aliphatic hydroxyl groups is 1. The summed E-state index contributed by atoms with van der Waals surface area (Å²) in [5.41, 5.74) is 2.25. The summed E-state index contributed by atoms with van der Waals surface area (Å²) in [4.78, 5) is 1.39. The first-order valence-electron chi connectivity index (χ1n) is 6.37. The van der Waals surface area contributed by atoms with Gasteiger partial charge in [0.1, 0.15) is 0 Å². The fraction of sp³-hybridized carbons (Fsp3) is 0.500. The van der Waals surface area contributed by atoms with Gasteiger partial charge in [0.2, 0.25) is 0 Å². The van der Waals surface area contributed by atoms with Crippen LogP contribution in [0.1, 0.15) is 43.8 Å². The molecule has 1 aromatic carbocycles. The summed E-state index contributed by atoms with van der Waals surface area (Å²) in [5, 5.41) is 21.9. The van der Waals surface area contributed by atoms with Crippen LogP contribution < -0.4 is 0 Å². The van der Waals surface area contributed by atoms with Crippen LogP contribution in [0, 0.1) is 0 Å². The molecule has 0 spiro atoms. The van der Waals surface area contributed by atoms with E-state index in [2.05, 4.69) is 48.3 Å². The minimum atomic E-state index is -0.599. The highest BCUT2D eigenvalue weighted by Crippen LogP contribution is 2.24. The average Bonchev–Trinajstić information content (AvgIpc) is 2.74. The van der Waals surface area contributed by atoms with Crippen molar-refractivity contribution >= 4 is 0 Å². The summed E-state index contributed by atoms with van der Waals surface area (Å²) >= 11 is 0. The highest BCUT2D eigenvalue weighted by molar-refractivity contribution is 5.28. The molecule has 0 aliphatic heterocycles. The first kappa shape index (κ1) is 13.7. The van der Waals surface area contributed by atoms with Gasteiger partial charge in [0, 0.05) is 6.42 Å². The molecule has 0 saturated heterocycles. The Hall–Kier alpha value is -1.75. The number of nitrogens with zero attached hydrogens (tertiary/aromatic N) is 4. The molecule has 5 nitrogen and oxygen atoms in total. The van der Waals surface area contributed by atoms with Crippen LogP contribution in [0.2, 0.25) is 0 Å². The van der Waals surface area contributed by atoms with Gasteiger partial charge in [0.25, 0.3) is 0 Å². The SMILES string of the molecule is Cn1nnc(CC(O)c2ccc(C(C)(C)C)cc2)n1. The predicted molar refractivity (Wildman–Crippen MR) is 72.6 cm³/mol. The number of hydrogen-bond acceptors (Lipinski definition) is 4. The Morgan fingerprint density at radius 3 is 2.32 bits per heavy atom. The van der Waals surface area contributed by atoms with Gasteiger partial charge in [0.05, 0.1) is 13.2 Å². The Morgan fingerprint density at radius 1 is 1.21 bits per heavy atom. The van der Waals surface area contributed by atoms with E-state index in [1.807, 2.05) is 12.1 Å². The molecule has 0 amide bonds. The summed E-state index contributed by atoms with van der Waals surface area (Å²) in [7, 11) is 1.71. The van der Waals surface area contributed by atoms with Gasteiger partial charge in [-0.15, -0.1) is 10.2 Å². The van der Waals surface area contributed by atoms with Crippen LogP contribution in [0.5, 0.6) is 0 Å². The normalized spacial score (nSPS) is 13.5. The van der Waals surface area contributed by atoms with Crippen molar-refractivity contribution in [1.29, 1.82) is 0 Å². The number of hydrogen-bond donors (Lipinski definition) is 1. The Labute approximate surface area is 113 Å². The van der Waals surface area contributed by atoms with Crippen LogP contribution in [-0.2, 0) is 18.9 Å². The van der Waals surface area contributed by atoms with Crippen molar-refractivity contribution in [1.82, 2.24) is 20.2 Å². The topological polar surface area (TPSA) is 63.8 Å². The maximum atomic E-state index is 10.2. The molecule has 0 fully saturated rings. The second-order valence-electron chi connectivity index (χ2n) is 5.79. The van der Waals surface area contributed by atoms with Crippen molar-refractivity contribution in [3.63, 3.8) is 0 Å². The minimum absolute atomic E-state index is 0.121. The lowest BCUT2D eigenvalue weighted by molar-refractivity contribution is 0.175. The highest BCUT2D eigenvalue weighted by atomic mass is 16.3. The van der Waals surface area contributed by atoms with E-state index < -0.39 is 6.10 Å². The first-order valence-corrected chi connectivity index (χ1v) is 6.37. The van der Waals surface area contributed by atoms with Crippen molar-refractivity contribution < 1.29 is 5.11 Å². The number of rotatable bonds is 3. The summed E-state index contributed by atoms with van der Waals surface area (Å²) in [5.74, 6) is 0.551. The number of aryl methyl sites for hydroxylation is 1. The third-order valence-corrected chi connectivity index (χ3v) is 3.09. The van der Waals surface area contributed by atoms with E-state index in [1.54, 1.807) is 7.05 Å². The minimum Gasteiger partial charge on any atom is -0.388 e. The van der Waals surface area contributed by atoms with Crippen LogP contribution in [0.15, 0.2) is 24.3 Å². The molecule has 2 rings (SSSR count). The lowest BCUT2D eigenvalue weighted by atomic mass is 9.86. The van der Waals surface area contributed by atoms with Gasteiger partial charge in [-0.1, -0.05) is 45.0 Å². The predicted octanol–water partition coefficient (Wildman–Crippen LogP) is 1.78. The summed E-state index contributed by atoms with van der Waals surface area (Å²) < 4.78 is 0. The van der Waals surface area contributed by atoms with Crippen LogP contribution in [0.3, 0.4) is 0 Å². The van der Waals surface area contributed by atoms with Crippen LogP contribution in [-0.4, -0.2) is 25.3 Å². The second-order valence-corrected chi connectivity index (χ2v) is 5.79. The molecule has 1 heterocycles. The lowest BCUT2D eigenvalue weighted by Crippen LogP contribution is -2.11. The second kappa shape index (κ2) is 5.09. The number of aromatic nitrogens is 4. The van der Waals surface area contributed by atoms with Gasteiger partial charge >= 0.3 is 0 Å². The molecule has 0 bridgehead atoms. The summed E-state index contributed by atoms with van der Waals surface area (Å²) in [6, 6.07) is 8.04. The van der Waals surface area contributed by atoms with E-state index in [-0.39, 0.29) is 5.41 Å². The van der Waals surface area contributed by atoms with Gasteiger partial charge < -0.3 is 5.11 Å². The highest BCUT2D eigenvalue weighted by Gasteiger charge is 2.16. The van der Waals surface area contributed by atoms with Crippen LogP contribution in [0.4, 0.5) is 0 Å². The molecular formula is C14H20N4O. The van der Waals surface area contributed by atoms with Crippen molar-refractivity contribution in [2.75, 3.05) is 0 Å². The third kappa shape index (κ3) is 3.38.